The number of pyridine rings is 1. The van der Waals surface area contributed by atoms with Crippen LogP contribution < -0.4 is 25.0 Å². The zero-order valence-corrected chi connectivity index (χ0v) is 23.9. The first kappa shape index (κ1) is 27.6. The molecule has 0 spiro atoms. The molecule has 4 aromatic rings. The molecule has 1 aromatic carbocycles. The van der Waals surface area contributed by atoms with Gasteiger partial charge in [0.25, 0.3) is 0 Å². The Labute approximate surface area is 242 Å². The Hall–Kier alpha value is -3.93. The SMILES string of the molecule is CCN1CCN(c2ccc(Nc3cc(-c4cncnc4Nc4c(Cl)c(OC)cc(OC)c4Cl)ncn3)nc2)CC1. The van der Waals surface area contributed by atoms with Gasteiger partial charge in [-0.05, 0) is 18.7 Å². The van der Waals surface area contributed by atoms with Crippen molar-refractivity contribution in [1.29, 1.82) is 0 Å². The lowest BCUT2D eigenvalue weighted by atomic mass is 10.2. The second-order valence-electron chi connectivity index (χ2n) is 8.93. The highest BCUT2D eigenvalue weighted by Crippen LogP contribution is 2.45. The van der Waals surface area contributed by atoms with Gasteiger partial charge in [-0.3, -0.25) is 0 Å². The molecule has 0 aliphatic carbocycles. The van der Waals surface area contributed by atoms with Gasteiger partial charge in [0.2, 0.25) is 0 Å². The number of rotatable bonds is 9. The molecule has 0 atom stereocenters. The van der Waals surface area contributed by atoms with Gasteiger partial charge in [0, 0.05) is 44.5 Å². The normalized spacial score (nSPS) is 13.7. The molecule has 1 saturated heterocycles. The van der Waals surface area contributed by atoms with E-state index in [1.165, 1.54) is 26.9 Å². The average Bonchev–Trinajstić information content (AvgIpc) is 3.00. The predicted molar refractivity (Wildman–Crippen MR) is 158 cm³/mol. The molecule has 208 valence electrons. The van der Waals surface area contributed by atoms with Crippen molar-refractivity contribution < 1.29 is 9.47 Å². The summed E-state index contributed by atoms with van der Waals surface area (Å²) >= 11 is 13.1. The molecule has 40 heavy (non-hydrogen) atoms. The molecule has 1 fully saturated rings. The number of hydrogen-bond donors (Lipinski definition) is 2. The van der Waals surface area contributed by atoms with Gasteiger partial charge in [0.1, 0.15) is 51.7 Å². The highest BCUT2D eigenvalue weighted by atomic mass is 35.5. The minimum atomic E-state index is 0.282. The molecule has 0 radical (unpaired) electrons. The molecular weight excluding hydrogens is 553 g/mol. The fourth-order valence-corrected chi connectivity index (χ4v) is 5.00. The van der Waals surface area contributed by atoms with Crippen LogP contribution in [0.4, 0.5) is 28.8 Å². The first-order valence-corrected chi connectivity index (χ1v) is 13.5. The molecule has 11 nitrogen and oxygen atoms in total. The van der Waals surface area contributed by atoms with Crippen LogP contribution >= 0.6 is 23.2 Å². The smallest absolute Gasteiger partial charge is 0.143 e. The lowest BCUT2D eigenvalue weighted by Crippen LogP contribution is -2.46. The number of piperazine rings is 1. The van der Waals surface area contributed by atoms with Gasteiger partial charge < -0.3 is 29.9 Å². The Balaban J connectivity index is 1.36. The van der Waals surface area contributed by atoms with E-state index in [0.717, 1.165) is 38.4 Å². The summed E-state index contributed by atoms with van der Waals surface area (Å²) in [5, 5.41) is 7.01. The molecule has 1 aliphatic heterocycles. The highest BCUT2D eigenvalue weighted by Gasteiger charge is 2.20. The number of anilines is 5. The van der Waals surface area contributed by atoms with Crippen molar-refractivity contribution in [2.45, 2.75) is 6.92 Å². The number of nitrogens with one attached hydrogen (secondary N) is 2. The van der Waals surface area contributed by atoms with Crippen molar-refractivity contribution >= 4 is 52.0 Å². The predicted octanol–water partition coefficient (Wildman–Crippen LogP) is 5.28. The first-order chi connectivity index (χ1) is 19.5. The molecule has 0 bridgehead atoms. The minimum Gasteiger partial charge on any atom is -0.495 e. The van der Waals surface area contributed by atoms with E-state index in [1.807, 2.05) is 12.3 Å². The van der Waals surface area contributed by atoms with E-state index >= 15 is 0 Å². The van der Waals surface area contributed by atoms with Crippen LogP contribution in [0.25, 0.3) is 11.3 Å². The number of benzene rings is 1. The fraction of sp³-hybridized carbons (Fsp3) is 0.296. The summed E-state index contributed by atoms with van der Waals surface area (Å²) in [4.78, 5) is 26.8. The van der Waals surface area contributed by atoms with Crippen LogP contribution in [0, 0.1) is 0 Å². The average molecular weight is 582 g/mol. The number of halogens is 2. The third-order valence-electron chi connectivity index (χ3n) is 6.66. The van der Waals surface area contributed by atoms with Gasteiger partial charge in [-0.1, -0.05) is 30.1 Å². The Morgan fingerprint density at radius 2 is 1.57 bits per heavy atom. The van der Waals surface area contributed by atoms with Gasteiger partial charge in [0.15, 0.2) is 0 Å². The molecule has 2 N–H and O–H groups in total. The van der Waals surface area contributed by atoms with Crippen LogP contribution in [0.5, 0.6) is 11.5 Å². The second-order valence-corrected chi connectivity index (χ2v) is 9.69. The van der Waals surface area contributed by atoms with E-state index < -0.39 is 0 Å². The fourth-order valence-electron chi connectivity index (χ4n) is 4.40. The van der Waals surface area contributed by atoms with Gasteiger partial charge in [0.05, 0.1) is 43.0 Å². The van der Waals surface area contributed by atoms with Crippen molar-refractivity contribution in [3.63, 3.8) is 0 Å². The molecule has 0 amide bonds. The molecule has 1 aliphatic rings. The molecule has 3 aromatic heterocycles. The number of ether oxygens (including phenoxy) is 2. The van der Waals surface area contributed by atoms with E-state index in [4.69, 9.17) is 32.7 Å². The quantitative estimate of drug-likeness (QED) is 0.269. The number of methoxy groups -OCH3 is 2. The maximum Gasteiger partial charge on any atom is 0.143 e. The molecule has 4 heterocycles. The molecule has 13 heteroatoms. The Morgan fingerprint density at radius 1 is 0.825 bits per heavy atom. The van der Waals surface area contributed by atoms with E-state index in [2.05, 4.69) is 58.3 Å². The van der Waals surface area contributed by atoms with Crippen LogP contribution in [0.15, 0.2) is 49.3 Å². The summed E-state index contributed by atoms with van der Waals surface area (Å²) in [5.41, 5.74) is 2.67. The van der Waals surface area contributed by atoms with Crippen molar-refractivity contribution in [1.82, 2.24) is 29.8 Å². The lowest BCUT2D eigenvalue weighted by molar-refractivity contribution is 0.271. The van der Waals surface area contributed by atoms with Gasteiger partial charge >= 0.3 is 0 Å². The van der Waals surface area contributed by atoms with E-state index in [-0.39, 0.29) is 10.0 Å². The van der Waals surface area contributed by atoms with Crippen LogP contribution in [0.2, 0.25) is 10.0 Å². The van der Waals surface area contributed by atoms with Gasteiger partial charge in [-0.25, -0.2) is 24.9 Å². The Bertz CT molecular complexity index is 1440. The molecule has 0 unspecified atom stereocenters. The lowest BCUT2D eigenvalue weighted by Gasteiger charge is -2.35. The number of likely N-dealkylation sites (N-methyl/N-ethyl adjacent to an activating group) is 1. The first-order valence-electron chi connectivity index (χ1n) is 12.7. The Kier molecular flexibility index (Phi) is 8.63. The number of aromatic nitrogens is 5. The highest BCUT2D eigenvalue weighted by molar-refractivity contribution is 6.41. The Morgan fingerprint density at radius 3 is 2.23 bits per heavy atom. The van der Waals surface area contributed by atoms with Crippen molar-refractivity contribution in [2.75, 3.05) is 62.5 Å². The van der Waals surface area contributed by atoms with Crippen LogP contribution in [0.3, 0.4) is 0 Å². The third kappa shape index (κ3) is 5.96. The minimum absolute atomic E-state index is 0.282. The van der Waals surface area contributed by atoms with Crippen molar-refractivity contribution in [3.8, 4) is 22.8 Å². The monoisotopic (exact) mass is 581 g/mol. The summed E-state index contributed by atoms with van der Waals surface area (Å²) in [6, 6.07) is 7.43. The van der Waals surface area contributed by atoms with Crippen molar-refractivity contribution in [2.24, 2.45) is 0 Å². The summed E-state index contributed by atoms with van der Waals surface area (Å²) in [5.74, 6) is 2.47. The summed E-state index contributed by atoms with van der Waals surface area (Å²) in [6.45, 7) is 7.38. The maximum absolute atomic E-state index is 6.56. The molecular formula is C27H29Cl2N9O2. The maximum atomic E-state index is 6.56. The third-order valence-corrected chi connectivity index (χ3v) is 7.41. The van der Waals surface area contributed by atoms with Crippen LogP contribution in [0.1, 0.15) is 6.92 Å². The van der Waals surface area contributed by atoms with E-state index in [9.17, 15) is 0 Å². The van der Waals surface area contributed by atoms with E-state index in [0.29, 0.717) is 45.9 Å². The summed E-state index contributed by atoms with van der Waals surface area (Å²) < 4.78 is 10.8. The number of nitrogens with zero attached hydrogens (tertiary/aromatic N) is 7. The number of hydrogen-bond acceptors (Lipinski definition) is 11. The standard InChI is InChI=1S/C27H29Cl2N9O2/c1-4-37-7-9-38(10-8-37)17-5-6-22(31-13-17)35-23-11-19(32-16-33-23)18-14-30-15-34-27(18)36-26-24(28)20(39-2)12-21(40-3)25(26)29/h5-6,11-16H,4,7-10H2,1-3H3,(H,30,34,36)(H,31,32,33,35). The van der Waals surface area contributed by atoms with Crippen LogP contribution in [-0.2, 0) is 0 Å². The van der Waals surface area contributed by atoms with Gasteiger partial charge in [-0.2, -0.15) is 0 Å². The van der Waals surface area contributed by atoms with Gasteiger partial charge in [-0.15, -0.1) is 0 Å². The summed E-state index contributed by atoms with van der Waals surface area (Å²) in [7, 11) is 3.03. The zero-order chi connectivity index (χ0) is 28.1. The summed E-state index contributed by atoms with van der Waals surface area (Å²) in [6.07, 6.45) is 6.41. The molecule has 0 saturated carbocycles. The van der Waals surface area contributed by atoms with Crippen LogP contribution in [-0.4, -0.2) is 76.8 Å². The van der Waals surface area contributed by atoms with Crippen molar-refractivity contribution in [3.05, 3.63) is 59.4 Å². The zero-order valence-electron chi connectivity index (χ0n) is 22.4. The van der Waals surface area contributed by atoms with E-state index in [1.54, 1.807) is 18.3 Å². The second kappa shape index (κ2) is 12.5. The molecule has 5 rings (SSSR count). The topological polar surface area (TPSA) is 113 Å². The largest absolute Gasteiger partial charge is 0.495 e.